The first-order chi connectivity index (χ1) is 20.4. The lowest BCUT2D eigenvalue weighted by Gasteiger charge is -2.35. The average Bonchev–Trinajstić information content (AvgIpc) is 3.54. The monoisotopic (exact) mass is 632 g/mol. The lowest BCUT2D eigenvalue weighted by molar-refractivity contribution is -0.140. The summed E-state index contributed by atoms with van der Waals surface area (Å²) < 4.78 is 70.8. The fourth-order valence-electron chi connectivity index (χ4n) is 5.37. The number of hydrogen-bond acceptors (Lipinski definition) is 9. The van der Waals surface area contributed by atoms with Gasteiger partial charge in [-0.2, -0.15) is 22.6 Å². The highest BCUT2D eigenvalue weighted by molar-refractivity contribution is 7.89. The van der Waals surface area contributed by atoms with Crippen LogP contribution >= 0.6 is 11.3 Å². The van der Waals surface area contributed by atoms with Crippen LogP contribution in [0, 0.1) is 0 Å². The van der Waals surface area contributed by atoms with Crippen LogP contribution in [0.15, 0.2) is 58.6 Å². The van der Waals surface area contributed by atoms with Crippen LogP contribution < -0.4 is 10.2 Å². The number of hydrogen-bond donors (Lipinski definition) is 2. The van der Waals surface area contributed by atoms with Crippen molar-refractivity contribution in [2.75, 3.05) is 38.0 Å². The van der Waals surface area contributed by atoms with Crippen molar-refractivity contribution in [3.63, 3.8) is 0 Å². The van der Waals surface area contributed by atoms with Gasteiger partial charge in [-0.15, -0.1) is 0 Å². The number of benzene rings is 2. The smallest absolute Gasteiger partial charge is 0.366 e. The topological polar surface area (TPSA) is 129 Å². The summed E-state index contributed by atoms with van der Waals surface area (Å²) in [5, 5.41) is 7.55. The van der Waals surface area contributed by atoms with Gasteiger partial charge in [0.25, 0.3) is 0 Å². The fraction of sp³-hybridized carbons (Fsp3) is 0.333. The minimum atomic E-state index is -4.62. The molecule has 226 valence electrons. The number of H-pyrrole nitrogens is 1. The van der Waals surface area contributed by atoms with Crippen molar-refractivity contribution >= 4 is 48.3 Å². The molecule has 0 spiro atoms. The number of halogens is 3. The van der Waals surface area contributed by atoms with Gasteiger partial charge in [-0.25, -0.2) is 18.4 Å². The number of aromatic amines is 1. The Morgan fingerprint density at radius 3 is 2.60 bits per heavy atom. The summed E-state index contributed by atoms with van der Waals surface area (Å²) in [6.07, 6.45) is -1.98. The van der Waals surface area contributed by atoms with Crippen molar-refractivity contribution in [3.05, 3.63) is 64.3 Å². The number of sulfonamides is 1. The molecule has 6 rings (SSSR count). The van der Waals surface area contributed by atoms with Crippen molar-refractivity contribution in [2.45, 2.75) is 24.0 Å². The van der Waals surface area contributed by atoms with Gasteiger partial charge in [0.05, 0.1) is 20.6 Å². The number of thiazole rings is 1. The number of nitrogens with one attached hydrogen (secondary N) is 2. The minimum Gasteiger partial charge on any atom is -0.366 e. The van der Waals surface area contributed by atoms with E-state index >= 15 is 0 Å². The zero-order chi connectivity index (χ0) is 30.5. The number of nitrogens with zero attached hydrogens (tertiary/aromatic N) is 6. The van der Waals surface area contributed by atoms with Crippen LogP contribution in [0.5, 0.6) is 0 Å². The molecule has 16 heteroatoms. The number of fused-ring (bicyclic) bond motifs is 2. The molecule has 1 fully saturated rings. The summed E-state index contributed by atoms with van der Waals surface area (Å²) >= 11 is 0.972. The second kappa shape index (κ2) is 11.0. The average molecular weight is 633 g/mol. The molecule has 1 aliphatic rings. The Hall–Kier alpha value is -3.86. The minimum absolute atomic E-state index is 0.0603. The van der Waals surface area contributed by atoms with E-state index < -0.39 is 21.9 Å². The zero-order valence-electron chi connectivity index (χ0n) is 23.1. The number of alkyl halides is 3. The van der Waals surface area contributed by atoms with E-state index in [1.54, 1.807) is 24.3 Å². The molecule has 1 atom stereocenters. The van der Waals surface area contributed by atoms with Crippen LogP contribution in [-0.2, 0) is 23.2 Å². The third kappa shape index (κ3) is 5.74. The first-order valence-electron chi connectivity index (χ1n) is 13.4. The summed E-state index contributed by atoms with van der Waals surface area (Å²) in [7, 11) is -2.28. The molecule has 0 amide bonds. The van der Waals surface area contributed by atoms with E-state index in [2.05, 4.69) is 30.3 Å². The van der Waals surface area contributed by atoms with Gasteiger partial charge in [0.2, 0.25) is 10.0 Å². The Balaban J connectivity index is 1.14. The SMILES string of the molecule is CC(CN1CCN(S(=O)(=O)c2ccc3[nH]c(=O)sc3c2)CC1)Nc1ncnc2c(-c3cn(C)nc3C(F)(F)F)cccc12. The molecular formula is C27H27F3N8O3S2. The Morgan fingerprint density at radius 1 is 1.09 bits per heavy atom. The maximum Gasteiger partial charge on any atom is 0.435 e. The Morgan fingerprint density at radius 2 is 1.86 bits per heavy atom. The first kappa shape index (κ1) is 29.2. The van der Waals surface area contributed by atoms with E-state index in [1.165, 1.54) is 36.0 Å². The normalized spacial score (nSPS) is 16.2. The molecule has 43 heavy (non-hydrogen) atoms. The molecule has 1 saturated heterocycles. The van der Waals surface area contributed by atoms with E-state index in [0.717, 1.165) is 16.0 Å². The second-order valence-corrected chi connectivity index (χ2v) is 13.4. The molecule has 0 aliphatic carbocycles. The maximum atomic E-state index is 13.7. The van der Waals surface area contributed by atoms with E-state index in [-0.39, 0.29) is 21.4 Å². The van der Waals surface area contributed by atoms with Crippen molar-refractivity contribution in [1.29, 1.82) is 0 Å². The summed E-state index contributed by atoms with van der Waals surface area (Å²) in [6, 6.07) is 9.53. The van der Waals surface area contributed by atoms with E-state index in [0.29, 0.717) is 65.2 Å². The number of aryl methyl sites for hydroxylation is 1. The van der Waals surface area contributed by atoms with Gasteiger partial charge in [-0.05, 0) is 31.2 Å². The molecule has 2 N–H and O–H groups in total. The van der Waals surface area contributed by atoms with Crippen LogP contribution in [0.2, 0.25) is 0 Å². The maximum absolute atomic E-state index is 13.7. The quantitative estimate of drug-likeness (QED) is 0.278. The predicted octanol–water partition coefficient (Wildman–Crippen LogP) is 3.76. The molecule has 1 unspecified atom stereocenters. The molecular weight excluding hydrogens is 605 g/mol. The van der Waals surface area contributed by atoms with Crippen LogP contribution in [0.3, 0.4) is 0 Å². The number of para-hydroxylation sites is 1. The van der Waals surface area contributed by atoms with Crippen molar-refractivity contribution < 1.29 is 21.6 Å². The highest BCUT2D eigenvalue weighted by Gasteiger charge is 2.38. The third-order valence-corrected chi connectivity index (χ3v) is 10.1. The highest BCUT2D eigenvalue weighted by Crippen LogP contribution is 2.38. The van der Waals surface area contributed by atoms with Crippen molar-refractivity contribution in [3.8, 4) is 11.1 Å². The third-order valence-electron chi connectivity index (χ3n) is 7.33. The Bertz CT molecular complexity index is 1980. The fourth-order valence-corrected chi connectivity index (χ4v) is 7.67. The molecule has 2 aromatic carbocycles. The van der Waals surface area contributed by atoms with Gasteiger partial charge in [0.1, 0.15) is 12.1 Å². The van der Waals surface area contributed by atoms with E-state index in [1.807, 2.05) is 6.92 Å². The number of piperazine rings is 1. The second-order valence-electron chi connectivity index (χ2n) is 10.4. The zero-order valence-corrected chi connectivity index (χ0v) is 24.7. The lowest BCUT2D eigenvalue weighted by Crippen LogP contribution is -2.50. The molecule has 0 saturated carbocycles. The van der Waals surface area contributed by atoms with Crippen molar-refractivity contribution in [2.24, 2.45) is 7.05 Å². The molecule has 4 heterocycles. The van der Waals surface area contributed by atoms with E-state index in [9.17, 15) is 26.4 Å². The van der Waals surface area contributed by atoms with E-state index in [4.69, 9.17) is 0 Å². The summed E-state index contributed by atoms with van der Waals surface area (Å²) in [5.41, 5.74) is 0.242. The molecule has 3 aromatic heterocycles. The molecule has 0 bridgehead atoms. The Labute approximate surface area is 248 Å². The summed E-state index contributed by atoms with van der Waals surface area (Å²) in [4.78, 5) is 25.0. The number of anilines is 1. The van der Waals surface area contributed by atoms with Crippen LogP contribution in [0.25, 0.3) is 32.2 Å². The van der Waals surface area contributed by atoms with Gasteiger partial charge < -0.3 is 10.3 Å². The number of aromatic nitrogens is 5. The van der Waals surface area contributed by atoms with Gasteiger partial charge in [-0.3, -0.25) is 14.4 Å². The summed E-state index contributed by atoms with van der Waals surface area (Å²) in [6.45, 7) is 4.19. The highest BCUT2D eigenvalue weighted by atomic mass is 32.2. The van der Waals surface area contributed by atoms with Gasteiger partial charge in [0, 0.05) is 68.5 Å². The Kier molecular flexibility index (Phi) is 7.48. The van der Waals surface area contributed by atoms with Gasteiger partial charge in [0.15, 0.2) is 5.69 Å². The number of rotatable bonds is 7. The molecule has 5 aromatic rings. The molecule has 1 aliphatic heterocycles. The first-order valence-corrected chi connectivity index (χ1v) is 15.6. The van der Waals surface area contributed by atoms with Crippen LogP contribution in [-0.4, -0.2) is 81.1 Å². The van der Waals surface area contributed by atoms with Crippen LogP contribution in [0.1, 0.15) is 12.6 Å². The molecule has 0 radical (unpaired) electrons. The molecule has 11 nitrogen and oxygen atoms in total. The van der Waals surface area contributed by atoms with Crippen LogP contribution in [0.4, 0.5) is 19.0 Å². The standard InChI is InChI=1S/C27H27F3N8O3S2/c1-16(13-37-8-10-38(11-9-37)43(40,41)17-6-7-21-22(12-17)42-26(39)34-21)33-25-19-5-3-4-18(23(19)31-15-32-25)20-14-36(2)35-24(20)27(28,29)30/h3-7,12,14-16H,8-11,13H2,1-2H3,(H,34,39)(H,31,32,33). The van der Waals surface area contributed by atoms with Crippen molar-refractivity contribution in [1.82, 2.24) is 33.9 Å². The largest absolute Gasteiger partial charge is 0.435 e. The predicted molar refractivity (Wildman–Crippen MR) is 157 cm³/mol. The lowest BCUT2D eigenvalue weighted by atomic mass is 10.0. The van der Waals surface area contributed by atoms with Gasteiger partial charge >= 0.3 is 11.0 Å². The van der Waals surface area contributed by atoms with Gasteiger partial charge in [-0.1, -0.05) is 23.5 Å². The summed E-state index contributed by atoms with van der Waals surface area (Å²) in [5.74, 6) is 0.487.